The standard InChI is InChI=1S/ClHO4.Na.H2O/c2-1(3,4)5;;/h(H,2,3,4,5);;1H2. The van der Waals surface area contributed by atoms with E-state index in [9.17, 15) is 0 Å². The van der Waals surface area contributed by atoms with E-state index in [0.29, 0.717) is 0 Å². The van der Waals surface area contributed by atoms with Crippen LogP contribution in [0, 0.1) is 10.2 Å². The zero-order valence-corrected chi connectivity index (χ0v) is 6.31. The Labute approximate surface area is 63.9 Å². The van der Waals surface area contributed by atoms with Crippen LogP contribution in [0.25, 0.3) is 0 Å². The van der Waals surface area contributed by atoms with Gasteiger partial charge in [-0.1, -0.05) is 0 Å². The monoisotopic (exact) mass is 141 g/mol. The van der Waals surface area contributed by atoms with Crippen LogP contribution >= 0.6 is 0 Å². The van der Waals surface area contributed by atoms with E-state index in [1.165, 1.54) is 0 Å². The fourth-order valence-electron chi connectivity index (χ4n) is 0. The number of rotatable bonds is 0. The minimum absolute atomic E-state index is 0. The normalized spacial score (nSPS) is 8.57. The number of hydrogen-bond acceptors (Lipinski definition) is 4. The van der Waals surface area contributed by atoms with E-state index < -0.39 is 10.2 Å². The molecule has 0 aromatic heterocycles. The van der Waals surface area contributed by atoms with Gasteiger partial charge in [-0.3, -0.25) is 0 Å². The van der Waals surface area contributed by atoms with Crippen LogP contribution in [-0.4, -0.2) is 39.7 Å². The van der Waals surface area contributed by atoms with E-state index in [0.717, 1.165) is 0 Å². The van der Waals surface area contributed by atoms with Gasteiger partial charge in [-0.15, -0.1) is 0 Å². The minimum Gasteiger partial charge on any atom is -0.412 e. The first kappa shape index (κ1) is 15.7. The van der Waals surface area contributed by atoms with E-state index in [-0.39, 0.29) is 35.0 Å². The molecule has 0 bridgehead atoms. The quantitative estimate of drug-likeness (QED) is 0.339. The van der Waals surface area contributed by atoms with Gasteiger partial charge in [0.05, 0.1) is 14.9 Å². The third-order valence-electron chi connectivity index (χ3n) is 0. The van der Waals surface area contributed by atoms with Gasteiger partial charge in [-0.05, 0) is 0 Å². The molecule has 0 aliphatic heterocycles. The van der Waals surface area contributed by atoms with Crippen LogP contribution in [0.4, 0.5) is 0 Å². The molecule has 0 saturated heterocycles. The average molecular weight is 141 g/mol. The summed E-state index contributed by atoms with van der Waals surface area (Å²) >= 11 is 0. The van der Waals surface area contributed by atoms with Gasteiger partial charge in [0.25, 0.3) is 0 Å². The maximum atomic E-state index is 8.60. The number of hydrogen-bond donors (Lipinski definition) is 1. The molecule has 0 fully saturated rings. The molecule has 0 spiro atoms. The number of halogens is 1. The Kier molecular flexibility index (Phi) is 11.7. The fourth-order valence-corrected chi connectivity index (χ4v) is 0. The molecule has 0 aliphatic rings. The molecule has 1 radical (unpaired) electrons. The van der Waals surface area contributed by atoms with E-state index in [2.05, 4.69) is 0 Å². The Morgan fingerprint density at radius 2 is 1.14 bits per heavy atom. The van der Waals surface area contributed by atoms with Crippen molar-refractivity contribution in [2.45, 2.75) is 0 Å². The molecule has 3 N–H and O–H groups in total. The predicted molar refractivity (Wildman–Crippen MR) is 11.6 cm³/mol. The summed E-state index contributed by atoms with van der Waals surface area (Å²) in [7, 11) is -4.69. The van der Waals surface area contributed by atoms with E-state index >= 15 is 0 Å². The molecule has 0 aliphatic carbocycles. The van der Waals surface area contributed by atoms with Crippen LogP contribution in [0.3, 0.4) is 0 Å². The molecule has 0 rings (SSSR count). The largest absolute Gasteiger partial charge is 0.412 e. The van der Waals surface area contributed by atoms with E-state index in [4.69, 9.17) is 18.6 Å². The molecular weight excluding hydrogens is 138 g/mol. The van der Waals surface area contributed by atoms with Crippen LogP contribution in [0.1, 0.15) is 0 Å². The van der Waals surface area contributed by atoms with E-state index in [1.807, 2.05) is 0 Å². The van der Waals surface area contributed by atoms with Crippen LogP contribution in [0.15, 0.2) is 0 Å². The van der Waals surface area contributed by atoms with Gasteiger partial charge in [0, 0.05) is 29.6 Å². The van der Waals surface area contributed by atoms with E-state index in [1.54, 1.807) is 0 Å². The molecule has 7 heavy (non-hydrogen) atoms. The predicted octanol–water partition coefficient (Wildman–Crippen LogP) is -5.33. The van der Waals surface area contributed by atoms with Gasteiger partial charge < -0.3 is 5.48 Å². The maximum Gasteiger partial charge on any atom is 0.0777 e. The van der Waals surface area contributed by atoms with Crippen molar-refractivity contribution in [2.75, 3.05) is 0 Å². The van der Waals surface area contributed by atoms with Crippen molar-refractivity contribution < 1.29 is 34.4 Å². The van der Waals surface area contributed by atoms with Crippen molar-refractivity contribution in [3.8, 4) is 0 Å². The summed E-state index contributed by atoms with van der Waals surface area (Å²) < 4.78 is 32.7. The molecule has 41 valence electrons. The van der Waals surface area contributed by atoms with Crippen molar-refractivity contribution in [3.05, 3.63) is 0 Å². The third-order valence-corrected chi connectivity index (χ3v) is 0. The summed E-state index contributed by atoms with van der Waals surface area (Å²) in [5.41, 5.74) is 0. The molecule has 0 atom stereocenters. The molecule has 0 aromatic carbocycles. The second-order valence-corrected chi connectivity index (χ2v) is 1.19. The topological polar surface area (TPSA) is 121 Å². The van der Waals surface area contributed by atoms with Gasteiger partial charge in [0.2, 0.25) is 0 Å². The summed E-state index contributed by atoms with van der Waals surface area (Å²) in [4.78, 5) is 0. The van der Waals surface area contributed by atoms with Crippen molar-refractivity contribution in [1.29, 1.82) is 0 Å². The minimum atomic E-state index is -4.69. The Morgan fingerprint density at radius 3 is 1.14 bits per heavy atom. The van der Waals surface area contributed by atoms with Crippen LogP contribution in [-0.2, 0) is 0 Å². The third kappa shape index (κ3) is 155. The first-order valence-corrected chi connectivity index (χ1v) is 1.90. The SMILES string of the molecule is O.[Na].[O-][Cl+3]([O-])([O-])O. The second-order valence-electron chi connectivity index (χ2n) is 0.396. The Morgan fingerprint density at radius 1 is 1.14 bits per heavy atom. The smallest absolute Gasteiger partial charge is 0.0777 e. The van der Waals surface area contributed by atoms with Crippen molar-refractivity contribution >= 4 is 29.6 Å². The molecular formula is H3ClNaO5. The summed E-state index contributed by atoms with van der Waals surface area (Å²) in [6.07, 6.45) is 0. The molecule has 0 saturated carbocycles. The van der Waals surface area contributed by atoms with Crippen LogP contribution in [0.2, 0.25) is 0 Å². The van der Waals surface area contributed by atoms with Crippen LogP contribution < -0.4 is 14.0 Å². The summed E-state index contributed by atoms with van der Waals surface area (Å²) in [5.74, 6) is 0. The Balaban J connectivity index is -0.0000000800. The summed E-state index contributed by atoms with van der Waals surface area (Å²) in [6, 6.07) is 0. The van der Waals surface area contributed by atoms with Crippen LogP contribution in [0.5, 0.6) is 0 Å². The molecule has 0 aromatic rings. The Hall–Kier alpha value is 1.09. The van der Waals surface area contributed by atoms with Gasteiger partial charge >= 0.3 is 0 Å². The molecule has 0 amide bonds. The molecule has 0 unspecified atom stereocenters. The first-order valence-electron chi connectivity index (χ1n) is 0.632. The first-order chi connectivity index (χ1) is 2.00. The maximum absolute atomic E-state index is 8.60. The fraction of sp³-hybridized carbons (Fsp3) is 0. The Bertz CT molecular complexity index is 23.6. The van der Waals surface area contributed by atoms with Crippen molar-refractivity contribution in [1.82, 2.24) is 0 Å². The molecule has 7 heteroatoms. The van der Waals surface area contributed by atoms with Crippen molar-refractivity contribution in [2.24, 2.45) is 0 Å². The van der Waals surface area contributed by atoms with Crippen molar-refractivity contribution in [3.63, 3.8) is 0 Å². The second kappa shape index (κ2) is 5.23. The molecule has 0 heterocycles. The zero-order valence-electron chi connectivity index (χ0n) is 3.55. The summed E-state index contributed by atoms with van der Waals surface area (Å²) in [5, 5.41) is 0. The van der Waals surface area contributed by atoms with Gasteiger partial charge in [-0.25, -0.2) is 0 Å². The van der Waals surface area contributed by atoms with Gasteiger partial charge in [0.15, 0.2) is 0 Å². The zero-order chi connectivity index (χ0) is 4.50. The summed E-state index contributed by atoms with van der Waals surface area (Å²) in [6.45, 7) is 0. The average Bonchev–Trinajstić information content (AvgIpc) is 0.722. The molecule has 5 nitrogen and oxygen atoms in total. The van der Waals surface area contributed by atoms with Gasteiger partial charge in [-0.2, -0.15) is 14.0 Å². The van der Waals surface area contributed by atoms with Gasteiger partial charge in [0.1, 0.15) is 0 Å².